The molecule has 0 fully saturated rings. The Bertz CT molecular complexity index is 312. The Hall–Kier alpha value is -0.900. The van der Waals surface area contributed by atoms with Crippen LogP contribution in [-0.4, -0.2) is 4.92 Å². The first kappa shape index (κ1) is 9.19. The molecule has 0 bridgehead atoms. The van der Waals surface area contributed by atoms with Gasteiger partial charge in [-0.2, -0.15) is 0 Å². The topological polar surface area (TPSA) is 43.1 Å². The molecule has 0 atom stereocenters. The maximum atomic E-state index is 10.5. The SMILES string of the molecule is Cc1ccc(CBr)c([N+](=O)[O-])c1. The number of benzene rings is 1. The minimum absolute atomic E-state index is 0.187. The summed E-state index contributed by atoms with van der Waals surface area (Å²) in [6.45, 7) is 1.84. The van der Waals surface area contributed by atoms with E-state index >= 15 is 0 Å². The van der Waals surface area contributed by atoms with E-state index in [1.54, 1.807) is 12.1 Å². The van der Waals surface area contributed by atoms with Crippen molar-refractivity contribution in [1.29, 1.82) is 0 Å². The number of aryl methyl sites for hydroxylation is 1. The van der Waals surface area contributed by atoms with Crippen molar-refractivity contribution in [3.63, 3.8) is 0 Å². The molecule has 0 spiro atoms. The molecule has 1 rings (SSSR count). The molecule has 0 aromatic heterocycles. The Kier molecular flexibility index (Phi) is 2.81. The van der Waals surface area contributed by atoms with Crippen molar-refractivity contribution in [3.05, 3.63) is 39.4 Å². The van der Waals surface area contributed by atoms with E-state index in [1.807, 2.05) is 13.0 Å². The summed E-state index contributed by atoms with van der Waals surface area (Å²) in [7, 11) is 0. The number of nitrogens with zero attached hydrogens (tertiary/aromatic N) is 1. The molecule has 0 amide bonds. The first-order valence-electron chi connectivity index (χ1n) is 3.45. The number of alkyl halides is 1. The van der Waals surface area contributed by atoms with Gasteiger partial charge in [0.25, 0.3) is 5.69 Å². The highest BCUT2D eigenvalue weighted by atomic mass is 79.9. The molecule has 4 heteroatoms. The van der Waals surface area contributed by atoms with Crippen LogP contribution in [0.4, 0.5) is 5.69 Å². The van der Waals surface area contributed by atoms with Crippen molar-refractivity contribution in [3.8, 4) is 0 Å². The first-order chi connectivity index (χ1) is 5.65. The summed E-state index contributed by atoms with van der Waals surface area (Å²) in [4.78, 5) is 10.2. The second kappa shape index (κ2) is 3.67. The summed E-state index contributed by atoms with van der Waals surface area (Å²) < 4.78 is 0. The highest BCUT2D eigenvalue weighted by Gasteiger charge is 2.11. The molecule has 0 radical (unpaired) electrons. The van der Waals surface area contributed by atoms with E-state index in [-0.39, 0.29) is 10.6 Å². The molecule has 0 N–H and O–H groups in total. The average Bonchev–Trinajstić information content (AvgIpc) is 2.04. The van der Waals surface area contributed by atoms with Gasteiger partial charge >= 0.3 is 0 Å². The smallest absolute Gasteiger partial charge is 0.258 e. The second-order valence-electron chi connectivity index (χ2n) is 2.52. The van der Waals surface area contributed by atoms with Gasteiger partial charge in [-0.05, 0) is 12.5 Å². The molecule has 12 heavy (non-hydrogen) atoms. The third kappa shape index (κ3) is 1.82. The lowest BCUT2D eigenvalue weighted by molar-refractivity contribution is -0.385. The molecule has 0 aliphatic carbocycles. The fraction of sp³-hybridized carbons (Fsp3) is 0.250. The molecular formula is C8H8BrNO2. The van der Waals surface area contributed by atoms with E-state index in [0.717, 1.165) is 5.56 Å². The van der Waals surface area contributed by atoms with Crippen LogP contribution in [0.3, 0.4) is 0 Å². The number of hydrogen-bond donors (Lipinski definition) is 0. The van der Waals surface area contributed by atoms with E-state index in [0.29, 0.717) is 10.9 Å². The van der Waals surface area contributed by atoms with Crippen molar-refractivity contribution in [2.45, 2.75) is 12.3 Å². The zero-order chi connectivity index (χ0) is 9.14. The van der Waals surface area contributed by atoms with E-state index in [4.69, 9.17) is 0 Å². The zero-order valence-electron chi connectivity index (χ0n) is 6.58. The Balaban J connectivity index is 3.21. The normalized spacial score (nSPS) is 9.83. The van der Waals surface area contributed by atoms with Crippen molar-refractivity contribution in [2.24, 2.45) is 0 Å². The van der Waals surface area contributed by atoms with Crippen LogP contribution >= 0.6 is 15.9 Å². The Morgan fingerprint density at radius 3 is 2.75 bits per heavy atom. The van der Waals surface area contributed by atoms with Crippen LogP contribution in [0.25, 0.3) is 0 Å². The Labute approximate surface area is 78.7 Å². The van der Waals surface area contributed by atoms with Crippen LogP contribution in [-0.2, 0) is 5.33 Å². The quantitative estimate of drug-likeness (QED) is 0.445. The van der Waals surface area contributed by atoms with Crippen molar-refractivity contribution >= 4 is 21.6 Å². The van der Waals surface area contributed by atoms with Crippen molar-refractivity contribution in [1.82, 2.24) is 0 Å². The standard InChI is InChI=1S/C8H8BrNO2/c1-6-2-3-7(5-9)8(4-6)10(11)12/h2-4H,5H2,1H3. The molecule has 0 heterocycles. The molecule has 0 aliphatic heterocycles. The summed E-state index contributed by atoms with van der Waals surface area (Å²) in [6.07, 6.45) is 0. The van der Waals surface area contributed by atoms with Crippen molar-refractivity contribution in [2.75, 3.05) is 0 Å². The molecule has 1 aromatic rings. The number of nitro groups is 1. The van der Waals surface area contributed by atoms with Crippen LogP contribution in [0.5, 0.6) is 0 Å². The molecule has 0 aliphatic rings. The third-order valence-corrected chi connectivity index (χ3v) is 2.19. The van der Waals surface area contributed by atoms with Gasteiger partial charge in [-0.25, -0.2) is 0 Å². The summed E-state index contributed by atoms with van der Waals surface area (Å²) >= 11 is 3.20. The molecule has 3 nitrogen and oxygen atoms in total. The van der Waals surface area contributed by atoms with Crippen LogP contribution in [0, 0.1) is 17.0 Å². The predicted octanol–water partition coefficient (Wildman–Crippen LogP) is 2.80. The molecule has 0 unspecified atom stereocenters. The molecule has 1 aromatic carbocycles. The minimum Gasteiger partial charge on any atom is -0.258 e. The highest BCUT2D eigenvalue weighted by molar-refractivity contribution is 9.08. The molecule has 0 saturated carbocycles. The fourth-order valence-electron chi connectivity index (χ4n) is 0.957. The first-order valence-corrected chi connectivity index (χ1v) is 4.57. The number of halogens is 1. The lowest BCUT2D eigenvalue weighted by Crippen LogP contribution is -1.93. The van der Waals surface area contributed by atoms with E-state index < -0.39 is 0 Å². The lowest BCUT2D eigenvalue weighted by Gasteiger charge is -1.99. The van der Waals surface area contributed by atoms with E-state index in [2.05, 4.69) is 15.9 Å². The number of nitro benzene ring substituents is 1. The second-order valence-corrected chi connectivity index (χ2v) is 3.08. The molecule has 64 valence electrons. The predicted molar refractivity (Wildman–Crippen MR) is 50.5 cm³/mol. The van der Waals surface area contributed by atoms with Gasteiger partial charge in [0.1, 0.15) is 0 Å². The van der Waals surface area contributed by atoms with Crippen LogP contribution in [0.1, 0.15) is 11.1 Å². The van der Waals surface area contributed by atoms with Crippen molar-refractivity contribution < 1.29 is 4.92 Å². The fourth-order valence-corrected chi connectivity index (χ4v) is 1.43. The van der Waals surface area contributed by atoms with Crippen LogP contribution in [0.15, 0.2) is 18.2 Å². The maximum absolute atomic E-state index is 10.5. The zero-order valence-corrected chi connectivity index (χ0v) is 8.17. The van der Waals surface area contributed by atoms with Gasteiger partial charge < -0.3 is 0 Å². The largest absolute Gasteiger partial charge is 0.273 e. The lowest BCUT2D eigenvalue weighted by atomic mass is 10.1. The maximum Gasteiger partial charge on any atom is 0.273 e. The summed E-state index contributed by atoms with van der Waals surface area (Å²) in [5.74, 6) is 0. The van der Waals surface area contributed by atoms with Crippen LogP contribution < -0.4 is 0 Å². The van der Waals surface area contributed by atoms with E-state index in [1.165, 1.54) is 0 Å². The molecule has 0 saturated heterocycles. The van der Waals surface area contributed by atoms with Gasteiger partial charge in [-0.3, -0.25) is 10.1 Å². The summed E-state index contributed by atoms with van der Waals surface area (Å²) in [6, 6.07) is 5.21. The Morgan fingerprint density at radius 2 is 2.25 bits per heavy atom. The number of rotatable bonds is 2. The average molecular weight is 230 g/mol. The summed E-state index contributed by atoms with van der Waals surface area (Å²) in [5.41, 5.74) is 1.81. The highest BCUT2D eigenvalue weighted by Crippen LogP contribution is 2.21. The van der Waals surface area contributed by atoms with Gasteiger partial charge in [0, 0.05) is 17.0 Å². The van der Waals surface area contributed by atoms with Gasteiger partial charge in [0.15, 0.2) is 0 Å². The summed E-state index contributed by atoms with van der Waals surface area (Å²) in [5, 5.41) is 11.0. The van der Waals surface area contributed by atoms with Gasteiger partial charge in [0.2, 0.25) is 0 Å². The third-order valence-electron chi connectivity index (χ3n) is 1.58. The van der Waals surface area contributed by atoms with E-state index in [9.17, 15) is 10.1 Å². The van der Waals surface area contributed by atoms with Gasteiger partial charge in [-0.15, -0.1) is 0 Å². The van der Waals surface area contributed by atoms with Crippen LogP contribution in [0.2, 0.25) is 0 Å². The minimum atomic E-state index is -0.358. The monoisotopic (exact) mass is 229 g/mol. The number of hydrogen-bond acceptors (Lipinski definition) is 2. The molecular weight excluding hydrogens is 222 g/mol. The Morgan fingerprint density at radius 1 is 1.58 bits per heavy atom. The van der Waals surface area contributed by atoms with Gasteiger partial charge in [-0.1, -0.05) is 28.1 Å². The van der Waals surface area contributed by atoms with Gasteiger partial charge in [0.05, 0.1) is 4.92 Å².